The van der Waals surface area contributed by atoms with E-state index >= 15 is 0 Å². The summed E-state index contributed by atoms with van der Waals surface area (Å²) >= 11 is 0. The van der Waals surface area contributed by atoms with Gasteiger partial charge in [-0.05, 0) is 52.5 Å². The third kappa shape index (κ3) is 3.92. The lowest BCUT2D eigenvalue weighted by atomic mass is 9.99. The molecule has 1 fully saturated rings. The van der Waals surface area contributed by atoms with Crippen molar-refractivity contribution in [2.24, 2.45) is 0 Å². The largest absolute Gasteiger partial charge is 0.375 e. The maximum atomic E-state index is 12.4. The summed E-state index contributed by atoms with van der Waals surface area (Å²) in [5, 5.41) is 5.87. The number of hydrogen-bond donors (Lipinski definition) is 2. The first-order valence-electron chi connectivity index (χ1n) is 8.86. The molecule has 2 atom stereocenters. The molecule has 2 aromatic heterocycles. The highest BCUT2D eigenvalue weighted by Gasteiger charge is 2.25. The van der Waals surface area contributed by atoms with Gasteiger partial charge in [-0.1, -0.05) is 0 Å². The number of carbonyl (C=O) groups is 1. The Morgan fingerprint density at radius 3 is 2.72 bits per heavy atom. The number of nitrogens with zero attached hydrogens (tertiary/aromatic N) is 2. The summed E-state index contributed by atoms with van der Waals surface area (Å²) < 4.78 is 7.40. The third-order valence-corrected chi connectivity index (χ3v) is 4.87. The number of hydrogen-bond acceptors (Lipinski definition) is 4. The van der Waals surface area contributed by atoms with E-state index < -0.39 is 0 Å². The lowest BCUT2D eigenvalue weighted by Crippen LogP contribution is -2.44. The van der Waals surface area contributed by atoms with Crippen molar-refractivity contribution in [3.8, 4) is 0 Å². The predicted molar refractivity (Wildman–Crippen MR) is 94.8 cm³/mol. The average Bonchev–Trinajstić information content (AvgIpc) is 2.86. The maximum Gasteiger partial charge on any atom is 0.266 e. The summed E-state index contributed by atoms with van der Waals surface area (Å²) in [5.41, 5.74) is 3.22. The van der Waals surface area contributed by atoms with Crippen LogP contribution >= 0.6 is 0 Å². The van der Waals surface area contributed by atoms with Gasteiger partial charge in [0.2, 0.25) is 5.91 Å². The van der Waals surface area contributed by atoms with Crippen LogP contribution in [0, 0.1) is 13.8 Å². The summed E-state index contributed by atoms with van der Waals surface area (Å²) in [5.74, 6) is 0.0474. The van der Waals surface area contributed by atoms with Gasteiger partial charge in [0.15, 0.2) is 5.65 Å². The molecule has 0 spiro atoms. The molecule has 136 valence electrons. The van der Waals surface area contributed by atoms with Crippen LogP contribution in [0.25, 0.3) is 5.65 Å². The van der Waals surface area contributed by atoms with Crippen molar-refractivity contribution in [2.75, 3.05) is 0 Å². The molecular weight excluding hydrogens is 320 g/mol. The Bertz CT molecular complexity index is 829. The van der Waals surface area contributed by atoms with Gasteiger partial charge in [-0.15, -0.1) is 0 Å². The third-order valence-electron chi connectivity index (χ3n) is 4.87. The number of nitrogens with one attached hydrogen (secondary N) is 2. The smallest absolute Gasteiger partial charge is 0.266 e. The Morgan fingerprint density at radius 1 is 1.36 bits per heavy atom. The zero-order chi connectivity index (χ0) is 18.1. The summed E-state index contributed by atoms with van der Waals surface area (Å²) in [7, 11) is 0. The van der Waals surface area contributed by atoms with Gasteiger partial charge in [0, 0.05) is 29.9 Å². The van der Waals surface area contributed by atoms with Crippen LogP contribution in [0.15, 0.2) is 10.9 Å². The molecule has 0 aliphatic carbocycles. The van der Waals surface area contributed by atoms with Gasteiger partial charge in [0.1, 0.15) is 0 Å². The van der Waals surface area contributed by atoms with Crippen LogP contribution in [-0.2, 0) is 16.0 Å². The molecule has 2 N–H and O–H groups in total. The number of rotatable bonds is 4. The van der Waals surface area contributed by atoms with E-state index in [1.54, 1.807) is 4.52 Å². The molecule has 0 unspecified atom stereocenters. The molecule has 2 aromatic rings. The Kier molecular flexibility index (Phi) is 4.94. The molecule has 1 saturated heterocycles. The molecular formula is C18H26N4O3. The SMILES string of the molecule is Cc1nc2cc(=O)[nH]n2c(C)c1CCC(=O)NC1C[C@@H](C)O[C@H](C)C1. The summed E-state index contributed by atoms with van der Waals surface area (Å²) in [4.78, 5) is 28.3. The normalized spacial score (nSPS) is 23.8. The first-order valence-corrected chi connectivity index (χ1v) is 8.86. The van der Waals surface area contributed by atoms with E-state index in [9.17, 15) is 9.59 Å². The van der Waals surface area contributed by atoms with Crippen LogP contribution in [0.1, 0.15) is 50.1 Å². The highest BCUT2D eigenvalue weighted by molar-refractivity contribution is 5.76. The molecule has 3 heterocycles. The second kappa shape index (κ2) is 7.00. The van der Waals surface area contributed by atoms with Gasteiger partial charge < -0.3 is 10.1 Å². The Morgan fingerprint density at radius 2 is 2.04 bits per heavy atom. The van der Waals surface area contributed by atoms with Gasteiger partial charge >= 0.3 is 0 Å². The first kappa shape index (κ1) is 17.7. The number of amides is 1. The molecule has 0 radical (unpaired) electrons. The van der Waals surface area contributed by atoms with Crippen molar-refractivity contribution in [2.45, 2.75) is 71.6 Å². The Hall–Kier alpha value is -2.15. The number of aryl methyl sites for hydroxylation is 2. The first-order chi connectivity index (χ1) is 11.8. The number of carbonyl (C=O) groups excluding carboxylic acids is 1. The number of aromatic nitrogens is 3. The predicted octanol–water partition coefficient (Wildman–Crippen LogP) is 1.64. The Labute approximate surface area is 146 Å². The van der Waals surface area contributed by atoms with Crippen molar-refractivity contribution in [1.29, 1.82) is 0 Å². The van der Waals surface area contributed by atoms with E-state index in [0.29, 0.717) is 18.5 Å². The summed E-state index contributed by atoms with van der Waals surface area (Å²) in [6, 6.07) is 1.65. The monoisotopic (exact) mass is 346 g/mol. The second-order valence-electron chi connectivity index (χ2n) is 7.07. The molecule has 1 aliphatic rings. The number of fused-ring (bicyclic) bond motifs is 1. The van der Waals surface area contributed by atoms with Crippen LogP contribution in [0.2, 0.25) is 0 Å². The van der Waals surface area contributed by atoms with Crippen molar-refractivity contribution >= 4 is 11.6 Å². The standard InChI is InChI=1S/C18H26N4O3/c1-10-7-14(8-11(2)25-10)20-17(23)6-5-15-12(3)19-16-9-18(24)21-22(16)13(15)4/h9-11,14H,5-8H2,1-4H3,(H,20,23)(H,21,24)/t10-,11-/m1/s1. The molecule has 7 nitrogen and oxygen atoms in total. The van der Waals surface area contributed by atoms with Crippen LogP contribution in [0.5, 0.6) is 0 Å². The van der Waals surface area contributed by atoms with E-state index in [-0.39, 0.29) is 29.7 Å². The number of ether oxygens (including phenoxy) is 1. The highest BCUT2D eigenvalue weighted by Crippen LogP contribution is 2.19. The molecule has 1 aliphatic heterocycles. The topological polar surface area (TPSA) is 88.5 Å². The highest BCUT2D eigenvalue weighted by atomic mass is 16.5. The van der Waals surface area contributed by atoms with Gasteiger partial charge in [0.05, 0.1) is 12.2 Å². The minimum atomic E-state index is -0.173. The number of H-pyrrole nitrogens is 1. The fourth-order valence-corrected chi connectivity index (χ4v) is 3.78. The second-order valence-corrected chi connectivity index (χ2v) is 7.07. The Balaban J connectivity index is 1.66. The summed E-state index contributed by atoms with van der Waals surface area (Å²) in [6.45, 7) is 7.94. The van der Waals surface area contributed by atoms with Crippen molar-refractivity contribution in [1.82, 2.24) is 19.9 Å². The van der Waals surface area contributed by atoms with Crippen molar-refractivity contribution in [3.63, 3.8) is 0 Å². The lowest BCUT2D eigenvalue weighted by Gasteiger charge is -2.32. The van der Waals surface area contributed by atoms with E-state index in [1.807, 2.05) is 27.7 Å². The zero-order valence-corrected chi connectivity index (χ0v) is 15.3. The molecule has 25 heavy (non-hydrogen) atoms. The molecule has 7 heteroatoms. The molecule has 1 amide bonds. The maximum absolute atomic E-state index is 12.4. The minimum Gasteiger partial charge on any atom is -0.375 e. The van der Waals surface area contributed by atoms with Gasteiger partial charge in [-0.2, -0.15) is 0 Å². The molecule has 0 aromatic carbocycles. The minimum absolute atomic E-state index is 0.0474. The van der Waals surface area contributed by atoms with E-state index in [0.717, 1.165) is 29.8 Å². The average molecular weight is 346 g/mol. The fraction of sp³-hybridized carbons (Fsp3) is 0.611. The van der Waals surface area contributed by atoms with Gasteiger partial charge in [0.25, 0.3) is 5.56 Å². The van der Waals surface area contributed by atoms with Crippen molar-refractivity contribution in [3.05, 3.63) is 33.4 Å². The van der Waals surface area contributed by atoms with Crippen LogP contribution in [0.3, 0.4) is 0 Å². The van der Waals surface area contributed by atoms with E-state index in [2.05, 4.69) is 15.4 Å². The zero-order valence-electron chi connectivity index (χ0n) is 15.3. The van der Waals surface area contributed by atoms with E-state index in [1.165, 1.54) is 6.07 Å². The fourth-order valence-electron chi connectivity index (χ4n) is 3.78. The number of aromatic amines is 1. The van der Waals surface area contributed by atoms with Crippen LogP contribution < -0.4 is 10.9 Å². The van der Waals surface area contributed by atoms with Crippen LogP contribution in [0.4, 0.5) is 0 Å². The molecule has 0 saturated carbocycles. The quantitative estimate of drug-likeness (QED) is 0.881. The van der Waals surface area contributed by atoms with Crippen molar-refractivity contribution < 1.29 is 9.53 Å². The van der Waals surface area contributed by atoms with Gasteiger partial charge in [-0.3, -0.25) is 14.7 Å². The summed E-state index contributed by atoms with van der Waals surface area (Å²) in [6.07, 6.45) is 3.06. The van der Waals surface area contributed by atoms with E-state index in [4.69, 9.17) is 4.74 Å². The van der Waals surface area contributed by atoms with Gasteiger partial charge in [-0.25, -0.2) is 9.50 Å². The molecule has 3 rings (SSSR count). The lowest BCUT2D eigenvalue weighted by molar-refractivity contribution is -0.123. The molecule has 0 bridgehead atoms. The van der Waals surface area contributed by atoms with Crippen LogP contribution in [-0.4, -0.2) is 38.8 Å².